The van der Waals surface area contributed by atoms with Crippen LogP contribution in [0.15, 0.2) is 95.2 Å². The molecule has 4 heteroatoms. The molecule has 0 aromatic heterocycles. The lowest BCUT2D eigenvalue weighted by molar-refractivity contribution is -0.362. The number of benzene rings is 2. The van der Waals surface area contributed by atoms with Gasteiger partial charge in [-0.25, -0.2) is 4.42 Å². The largest absolute Gasteiger partial charge is 0.357 e. The van der Waals surface area contributed by atoms with Gasteiger partial charge < -0.3 is 10.6 Å². The lowest BCUT2D eigenvalue weighted by Gasteiger charge is -2.26. The molecule has 4 rings (SSSR count). The summed E-state index contributed by atoms with van der Waals surface area (Å²) in [4.78, 5) is 2.44. The van der Waals surface area contributed by atoms with Crippen molar-refractivity contribution in [3.63, 3.8) is 0 Å². The van der Waals surface area contributed by atoms with E-state index in [2.05, 4.69) is 99.4 Å². The van der Waals surface area contributed by atoms with Gasteiger partial charge in [-0.2, -0.15) is 0 Å². The third-order valence-corrected chi connectivity index (χ3v) is 8.11. The van der Waals surface area contributed by atoms with E-state index in [1.807, 2.05) is 19.1 Å². The van der Waals surface area contributed by atoms with Crippen molar-refractivity contribution >= 4 is 23.1 Å². The molecule has 2 N–H and O–H groups in total. The van der Waals surface area contributed by atoms with Crippen LogP contribution in [0.4, 0.5) is 5.69 Å². The third-order valence-electron chi connectivity index (χ3n) is 7.87. The Labute approximate surface area is 234 Å². The zero-order valence-electron chi connectivity index (χ0n) is 23.6. The van der Waals surface area contributed by atoms with E-state index >= 15 is 0 Å². The molecule has 0 aliphatic carbocycles. The van der Waals surface area contributed by atoms with E-state index in [0.29, 0.717) is 6.54 Å². The van der Waals surface area contributed by atoms with Crippen LogP contribution in [0.3, 0.4) is 0 Å². The molecule has 200 valence electrons. The fourth-order valence-electron chi connectivity index (χ4n) is 5.54. The highest BCUT2D eigenvalue weighted by atomic mass is 35.5. The molecule has 2 heterocycles. The van der Waals surface area contributed by atoms with Gasteiger partial charge in [0.15, 0.2) is 0 Å². The van der Waals surface area contributed by atoms with Gasteiger partial charge in [-0.05, 0) is 88.4 Å². The van der Waals surface area contributed by atoms with E-state index in [1.165, 1.54) is 22.5 Å². The van der Waals surface area contributed by atoms with Crippen molar-refractivity contribution in [1.82, 2.24) is 0 Å². The van der Waals surface area contributed by atoms with Gasteiger partial charge >= 0.3 is 11.5 Å². The molecule has 0 atom stereocenters. The second-order valence-electron chi connectivity index (χ2n) is 11.3. The average molecular weight is 530 g/mol. The van der Waals surface area contributed by atoms with Crippen LogP contribution in [0, 0.1) is 0 Å². The van der Waals surface area contributed by atoms with Crippen LogP contribution in [0.5, 0.6) is 5.75 Å². The van der Waals surface area contributed by atoms with Gasteiger partial charge in [-0.3, -0.25) is 0 Å². The number of allylic oxidation sites excluding steroid dienone is 8. The Balaban J connectivity index is 1.38. The van der Waals surface area contributed by atoms with Crippen LogP contribution in [-0.4, -0.2) is 18.9 Å². The van der Waals surface area contributed by atoms with Crippen molar-refractivity contribution in [3.8, 4) is 5.75 Å². The van der Waals surface area contributed by atoms with Gasteiger partial charge in [0, 0.05) is 40.5 Å². The Bertz CT molecular complexity index is 1310. The smallest absolute Gasteiger partial charge is 0.344 e. The predicted octanol–water partition coefficient (Wildman–Crippen LogP) is 8.62. The highest BCUT2D eigenvalue weighted by Crippen LogP contribution is 2.47. The lowest BCUT2D eigenvalue weighted by atomic mass is 9.81. The van der Waals surface area contributed by atoms with Gasteiger partial charge in [0.1, 0.15) is 5.41 Å². The first kappa shape index (κ1) is 28.1. The minimum absolute atomic E-state index is 0.0284. The van der Waals surface area contributed by atoms with Crippen molar-refractivity contribution in [2.75, 3.05) is 18.0 Å². The molecule has 0 spiro atoms. The summed E-state index contributed by atoms with van der Waals surface area (Å²) in [6.45, 7) is 12.6. The monoisotopic (exact) mass is 529 g/mol. The molecule has 0 bridgehead atoms. The molecule has 0 saturated heterocycles. The number of carbonyl (C=O) groups excluding carboxylic acids is 1. The average Bonchev–Trinajstić information content (AvgIpc) is 3.27. The zero-order chi connectivity index (χ0) is 27.3. The van der Waals surface area contributed by atoms with Crippen LogP contribution in [0.1, 0.15) is 71.4 Å². The molecule has 3 nitrogen and oxygen atoms in total. The van der Waals surface area contributed by atoms with E-state index in [1.54, 1.807) is 0 Å². The molecule has 0 fully saturated rings. The first-order valence-corrected chi connectivity index (χ1v) is 14.2. The SMILES string of the molecule is C/C(Cl)=C(/C=C/C1=[O+]c2ccccc2C1(C)C)CCC/C=C\C=C1\N(CCCN)c2ccccc2C1(C)C. The molecule has 0 radical (unpaired) electrons. The highest BCUT2D eigenvalue weighted by Gasteiger charge is 2.45. The number of unbranched alkanes of at least 4 members (excludes halogenated alkanes) is 1. The van der Waals surface area contributed by atoms with Gasteiger partial charge in [0.25, 0.3) is 0 Å². The van der Waals surface area contributed by atoms with Crippen molar-refractivity contribution in [2.24, 2.45) is 5.73 Å². The van der Waals surface area contributed by atoms with E-state index in [4.69, 9.17) is 21.8 Å². The Morgan fingerprint density at radius 3 is 2.39 bits per heavy atom. The quantitative estimate of drug-likeness (QED) is 0.145. The zero-order valence-corrected chi connectivity index (χ0v) is 24.3. The predicted molar refractivity (Wildman–Crippen MR) is 163 cm³/mol. The van der Waals surface area contributed by atoms with Crippen LogP contribution in [0.2, 0.25) is 0 Å². The fraction of sp³-hybridized carbons (Fsp3) is 0.382. The van der Waals surface area contributed by atoms with E-state index in [-0.39, 0.29) is 10.8 Å². The Kier molecular flexibility index (Phi) is 8.80. The molecule has 0 amide bonds. The summed E-state index contributed by atoms with van der Waals surface area (Å²) in [6, 6.07) is 17.0. The normalized spacial score (nSPS) is 19.3. The number of para-hydroxylation sites is 2. The molecule has 2 aromatic carbocycles. The maximum atomic E-state index is 6.49. The van der Waals surface area contributed by atoms with E-state index in [9.17, 15) is 0 Å². The number of halogens is 1. The molecule has 0 unspecified atom stereocenters. The third kappa shape index (κ3) is 5.75. The molecular weight excluding hydrogens is 488 g/mol. The minimum atomic E-state index is -0.152. The van der Waals surface area contributed by atoms with Crippen molar-refractivity contribution in [2.45, 2.75) is 71.1 Å². The van der Waals surface area contributed by atoms with Gasteiger partial charge in [-0.15, -0.1) is 0 Å². The van der Waals surface area contributed by atoms with Crippen LogP contribution in [-0.2, 0) is 15.3 Å². The highest BCUT2D eigenvalue weighted by molar-refractivity contribution is 6.29. The first-order chi connectivity index (χ1) is 18.2. The Morgan fingerprint density at radius 2 is 1.68 bits per heavy atom. The summed E-state index contributed by atoms with van der Waals surface area (Å²) in [5.74, 6) is 1.90. The van der Waals surface area contributed by atoms with Crippen LogP contribution < -0.4 is 10.6 Å². The van der Waals surface area contributed by atoms with Crippen molar-refractivity contribution in [1.29, 1.82) is 0 Å². The summed E-state index contributed by atoms with van der Waals surface area (Å²) < 4.78 is 6.17. The number of fused-ring (bicyclic) bond motifs is 2. The second-order valence-corrected chi connectivity index (χ2v) is 11.9. The summed E-state index contributed by atoms with van der Waals surface area (Å²) in [6.07, 6.45) is 14.9. The maximum Gasteiger partial charge on any atom is 0.357 e. The number of ketones is 1. The van der Waals surface area contributed by atoms with E-state index < -0.39 is 0 Å². The molecule has 2 aliphatic rings. The summed E-state index contributed by atoms with van der Waals surface area (Å²) in [5.41, 5.74) is 12.1. The van der Waals surface area contributed by atoms with Gasteiger partial charge in [-0.1, -0.05) is 67.9 Å². The van der Waals surface area contributed by atoms with Gasteiger partial charge in [0.2, 0.25) is 0 Å². The summed E-state index contributed by atoms with van der Waals surface area (Å²) in [7, 11) is 0. The lowest BCUT2D eigenvalue weighted by Crippen LogP contribution is -2.28. The fourth-order valence-corrected chi connectivity index (χ4v) is 5.69. The molecular formula is C34H42ClN2O+. The second kappa shape index (κ2) is 11.9. The number of hydrogen-bond acceptors (Lipinski definition) is 2. The standard InChI is InChI=1S/C34H42ClN2O/c1-25(35)26(21-22-32-34(4,5)28-17-11-13-19-30(28)38-32)15-8-6-7-9-20-31-33(2,3)27-16-10-12-18-29(27)37(31)24-14-23-36/h7,9-13,16-22H,6,8,14-15,23-24,36H2,1-5H3/q+1/b9-7-,22-21+,26-25-,31-20+. The number of hydrogen-bond donors (Lipinski definition) is 1. The van der Waals surface area contributed by atoms with Crippen LogP contribution in [0.25, 0.3) is 0 Å². The number of nitrogens with zero attached hydrogens (tertiary/aromatic N) is 1. The molecule has 2 aromatic rings. The minimum Gasteiger partial charge on any atom is -0.344 e. The maximum absolute atomic E-state index is 6.49. The summed E-state index contributed by atoms with van der Waals surface area (Å²) in [5, 5.41) is 0.835. The summed E-state index contributed by atoms with van der Waals surface area (Å²) >= 11 is 6.49. The van der Waals surface area contributed by atoms with Crippen molar-refractivity contribution in [3.05, 3.63) is 106 Å². The molecule has 0 saturated carbocycles. The number of nitrogens with two attached hydrogens (primary N) is 1. The number of anilines is 1. The molecule has 2 aliphatic heterocycles. The first-order valence-electron chi connectivity index (χ1n) is 13.8. The number of rotatable bonds is 10. The Hall–Kier alpha value is -2.88. The molecule has 38 heavy (non-hydrogen) atoms. The van der Waals surface area contributed by atoms with Crippen molar-refractivity contribution < 1.29 is 4.42 Å². The topological polar surface area (TPSA) is 40.6 Å². The Morgan fingerprint density at radius 1 is 0.974 bits per heavy atom. The van der Waals surface area contributed by atoms with Crippen LogP contribution >= 0.6 is 11.6 Å². The van der Waals surface area contributed by atoms with E-state index in [0.717, 1.165) is 54.4 Å². The van der Waals surface area contributed by atoms with Gasteiger partial charge in [0.05, 0.1) is 5.56 Å².